The van der Waals surface area contributed by atoms with Crippen LogP contribution in [-0.2, 0) is 4.74 Å². The maximum atomic E-state index is 12.7. The van der Waals surface area contributed by atoms with Crippen LogP contribution in [-0.4, -0.2) is 48.2 Å². The van der Waals surface area contributed by atoms with Gasteiger partial charge in [0, 0.05) is 17.1 Å². The molecule has 0 aliphatic carbocycles. The van der Waals surface area contributed by atoms with E-state index >= 15 is 0 Å². The van der Waals surface area contributed by atoms with Crippen molar-refractivity contribution in [3.05, 3.63) is 28.2 Å². The zero-order valence-corrected chi connectivity index (χ0v) is 17.6. The number of amides is 2. The Kier molecular flexibility index (Phi) is 6.55. The van der Waals surface area contributed by atoms with Crippen LogP contribution in [0.3, 0.4) is 0 Å². The number of carbonyl (C=O) groups excluding carboxylic acids is 2. The van der Waals surface area contributed by atoms with Gasteiger partial charge in [0.2, 0.25) is 0 Å². The summed E-state index contributed by atoms with van der Waals surface area (Å²) in [5.74, 6) is 0.420. The van der Waals surface area contributed by atoms with Crippen molar-refractivity contribution < 1.29 is 19.1 Å². The first-order valence-corrected chi connectivity index (χ1v) is 9.55. The zero-order valence-electron chi connectivity index (χ0n) is 16.0. The number of nitrogens with zero attached hydrogens (tertiary/aromatic N) is 1. The highest BCUT2D eigenvalue weighted by Gasteiger charge is 2.34. The molecule has 1 aromatic rings. The van der Waals surface area contributed by atoms with Gasteiger partial charge in [-0.05, 0) is 74.7 Å². The number of methoxy groups -OCH3 is 1. The predicted molar refractivity (Wildman–Crippen MR) is 104 cm³/mol. The summed E-state index contributed by atoms with van der Waals surface area (Å²) in [6.07, 6.45) is 1.29. The second kappa shape index (κ2) is 8.29. The summed E-state index contributed by atoms with van der Waals surface area (Å²) in [5.41, 5.74) is -0.0377. The van der Waals surface area contributed by atoms with Crippen molar-refractivity contribution in [1.82, 2.24) is 10.2 Å². The molecule has 0 aromatic heterocycles. The molecule has 1 aliphatic heterocycles. The van der Waals surface area contributed by atoms with Crippen LogP contribution in [0.25, 0.3) is 0 Å². The van der Waals surface area contributed by atoms with Gasteiger partial charge in [-0.1, -0.05) is 0 Å². The largest absolute Gasteiger partial charge is 0.497 e. The van der Waals surface area contributed by atoms with Gasteiger partial charge in [-0.2, -0.15) is 0 Å². The molecule has 144 valence electrons. The first-order chi connectivity index (χ1) is 12.1. The van der Waals surface area contributed by atoms with Crippen LogP contribution >= 0.6 is 15.9 Å². The summed E-state index contributed by atoms with van der Waals surface area (Å²) in [7, 11) is 1.56. The second-order valence-electron chi connectivity index (χ2n) is 7.48. The normalized spacial score (nSPS) is 20.5. The molecule has 7 heteroatoms. The number of likely N-dealkylation sites (tertiary alicyclic amines) is 1. The third-order valence-corrected chi connectivity index (χ3v) is 5.04. The van der Waals surface area contributed by atoms with Gasteiger partial charge >= 0.3 is 6.09 Å². The lowest BCUT2D eigenvalue weighted by Crippen LogP contribution is -2.56. The van der Waals surface area contributed by atoms with E-state index in [1.807, 2.05) is 27.7 Å². The highest BCUT2D eigenvalue weighted by atomic mass is 79.9. The Labute approximate surface area is 163 Å². The average molecular weight is 427 g/mol. The van der Waals surface area contributed by atoms with Gasteiger partial charge in [0.1, 0.15) is 11.4 Å². The molecule has 1 saturated heterocycles. The number of rotatable bonds is 3. The van der Waals surface area contributed by atoms with Crippen molar-refractivity contribution >= 4 is 27.9 Å². The number of carbonyl (C=O) groups is 2. The van der Waals surface area contributed by atoms with E-state index in [4.69, 9.17) is 9.47 Å². The van der Waals surface area contributed by atoms with Gasteiger partial charge in [-0.15, -0.1) is 0 Å². The minimum atomic E-state index is -0.543. The Morgan fingerprint density at radius 2 is 2.00 bits per heavy atom. The fourth-order valence-electron chi connectivity index (χ4n) is 2.97. The lowest BCUT2D eigenvalue weighted by molar-refractivity contribution is 0.00700. The van der Waals surface area contributed by atoms with Crippen LogP contribution < -0.4 is 10.1 Å². The van der Waals surface area contributed by atoms with Crippen molar-refractivity contribution in [2.45, 2.75) is 58.2 Å². The van der Waals surface area contributed by atoms with Crippen molar-refractivity contribution in [3.8, 4) is 5.75 Å². The minimum absolute atomic E-state index is 0.137. The van der Waals surface area contributed by atoms with E-state index in [2.05, 4.69) is 21.2 Å². The third-order valence-electron chi connectivity index (χ3n) is 4.35. The average Bonchev–Trinajstić information content (AvgIpc) is 2.55. The third kappa shape index (κ3) is 5.13. The van der Waals surface area contributed by atoms with Crippen molar-refractivity contribution in [2.75, 3.05) is 13.7 Å². The molecule has 1 aromatic carbocycles. The monoisotopic (exact) mass is 426 g/mol. The Morgan fingerprint density at radius 3 is 2.62 bits per heavy atom. The summed E-state index contributed by atoms with van der Waals surface area (Å²) in [6, 6.07) is 4.98. The maximum Gasteiger partial charge on any atom is 0.410 e. The molecule has 2 rings (SSSR count). The molecule has 1 aliphatic rings. The molecule has 0 spiro atoms. The molecule has 0 bridgehead atoms. The van der Waals surface area contributed by atoms with Crippen LogP contribution in [0.15, 0.2) is 22.7 Å². The molecule has 0 saturated carbocycles. The van der Waals surface area contributed by atoms with Crippen LogP contribution in [0, 0.1) is 0 Å². The smallest absolute Gasteiger partial charge is 0.410 e. The van der Waals surface area contributed by atoms with Crippen LogP contribution in [0.1, 0.15) is 50.9 Å². The molecule has 1 N–H and O–H groups in total. The van der Waals surface area contributed by atoms with E-state index < -0.39 is 5.60 Å². The SMILES string of the molecule is COc1ccc(Br)c(C(=O)N[C@@H]2CCCN(C(=O)OC(C)(C)C)[C@H]2C)c1. The van der Waals surface area contributed by atoms with Gasteiger partial charge in [0.25, 0.3) is 5.91 Å². The number of hydrogen-bond acceptors (Lipinski definition) is 4. The lowest BCUT2D eigenvalue weighted by atomic mass is 9.97. The number of halogens is 1. The van der Waals surface area contributed by atoms with Crippen molar-refractivity contribution in [3.63, 3.8) is 0 Å². The van der Waals surface area contributed by atoms with Crippen molar-refractivity contribution in [1.29, 1.82) is 0 Å². The second-order valence-corrected chi connectivity index (χ2v) is 8.34. The molecule has 1 heterocycles. The predicted octanol–water partition coefficient (Wildman–Crippen LogP) is 3.98. The molecule has 2 amide bonds. The van der Waals surface area contributed by atoms with E-state index in [-0.39, 0.29) is 24.1 Å². The maximum absolute atomic E-state index is 12.7. The number of hydrogen-bond donors (Lipinski definition) is 1. The van der Waals surface area contributed by atoms with Gasteiger partial charge in [0.15, 0.2) is 0 Å². The molecular weight excluding hydrogens is 400 g/mol. The molecule has 6 nitrogen and oxygen atoms in total. The van der Waals surface area contributed by atoms with Gasteiger partial charge in [-0.25, -0.2) is 4.79 Å². The molecular formula is C19H27BrN2O4. The summed E-state index contributed by atoms with van der Waals surface area (Å²) in [4.78, 5) is 26.8. The van der Waals surface area contributed by atoms with Gasteiger partial charge < -0.3 is 19.7 Å². The number of ether oxygens (including phenoxy) is 2. The van der Waals surface area contributed by atoms with Crippen LogP contribution in [0.5, 0.6) is 5.75 Å². The summed E-state index contributed by atoms with van der Waals surface area (Å²) in [6.45, 7) is 8.11. The summed E-state index contributed by atoms with van der Waals surface area (Å²) >= 11 is 3.41. The Hall–Kier alpha value is -1.76. The topological polar surface area (TPSA) is 67.9 Å². The fourth-order valence-corrected chi connectivity index (χ4v) is 3.39. The molecule has 2 atom stereocenters. The summed E-state index contributed by atoms with van der Waals surface area (Å²) < 4.78 is 11.4. The summed E-state index contributed by atoms with van der Waals surface area (Å²) in [5, 5.41) is 3.05. The first-order valence-electron chi connectivity index (χ1n) is 8.76. The van der Waals surface area contributed by atoms with E-state index in [9.17, 15) is 9.59 Å². The lowest BCUT2D eigenvalue weighted by Gasteiger charge is -2.40. The van der Waals surface area contributed by atoms with Gasteiger partial charge in [-0.3, -0.25) is 4.79 Å². The fraction of sp³-hybridized carbons (Fsp3) is 0.579. The van der Waals surface area contributed by atoms with E-state index in [0.717, 1.165) is 12.8 Å². The van der Waals surface area contributed by atoms with E-state index in [0.29, 0.717) is 22.3 Å². The van der Waals surface area contributed by atoms with Crippen LogP contribution in [0.2, 0.25) is 0 Å². The van der Waals surface area contributed by atoms with Crippen molar-refractivity contribution in [2.24, 2.45) is 0 Å². The Morgan fingerprint density at radius 1 is 1.31 bits per heavy atom. The highest BCUT2D eigenvalue weighted by molar-refractivity contribution is 9.10. The van der Waals surface area contributed by atoms with Gasteiger partial charge in [0.05, 0.1) is 18.7 Å². The van der Waals surface area contributed by atoms with Crippen LogP contribution in [0.4, 0.5) is 4.79 Å². The standard InChI is InChI=1S/C19H27BrN2O4/c1-12-16(7-6-10-22(12)18(24)26-19(2,3)4)21-17(23)14-11-13(25-5)8-9-15(14)20/h8-9,11-12,16H,6-7,10H2,1-5H3,(H,21,23)/t12-,16+/m0/s1. The molecule has 1 fully saturated rings. The quantitative estimate of drug-likeness (QED) is 0.793. The number of nitrogens with one attached hydrogen (secondary N) is 1. The van der Waals surface area contributed by atoms with E-state index in [1.54, 1.807) is 30.2 Å². The zero-order chi connectivity index (χ0) is 19.5. The number of benzene rings is 1. The Bertz CT molecular complexity index is 672. The first kappa shape index (κ1) is 20.6. The molecule has 0 unspecified atom stereocenters. The number of piperidine rings is 1. The van der Waals surface area contributed by atoms with E-state index in [1.165, 1.54) is 0 Å². The Balaban J connectivity index is 2.09. The highest BCUT2D eigenvalue weighted by Crippen LogP contribution is 2.24. The molecule has 0 radical (unpaired) electrons. The molecule has 26 heavy (non-hydrogen) atoms. The minimum Gasteiger partial charge on any atom is -0.497 e.